The third-order valence-electron chi connectivity index (χ3n) is 4.44. The summed E-state index contributed by atoms with van der Waals surface area (Å²) in [5, 5.41) is 7.47. The first-order chi connectivity index (χ1) is 14.5. The number of aryl methyl sites for hydroxylation is 2. The van der Waals surface area contributed by atoms with Crippen LogP contribution in [0.4, 0.5) is 14.6 Å². The quantitative estimate of drug-likeness (QED) is 0.503. The summed E-state index contributed by atoms with van der Waals surface area (Å²) in [5.74, 6) is -2.57. The lowest BCUT2D eigenvalue weighted by Gasteiger charge is -2.07. The average molecular weight is 425 g/mol. The number of halogens is 2. The third-order valence-corrected chi connectivity index (χ3v) is 5.69. The first kappa shape index (κ1) is 19.8. The number of amides is 1. The van der Waals surface area contributed by atoms with E-state index in [1.54, 1.807) is 40.5 Å². The number of rotatable bonds is 5. The van der Waals surface area contributed by atoms with Gasteiger partial charge in [0, 0.05) is 35.4 Å². The van der Waals surface area contributed by atoms with Crippen LogP contribution in [0.1, 0.15) is 22.2 Å². The fourth-order valence-electron chi connectivity index (χ4n) is 2.97. The molecule has 0 atom stereocenters. The second-order valence-electron chi connectivity index (χ2n) is 6.53. The maximum Gasteiger partial charge on any atom is 0.262 e. The van der Waals surface area contributed by atoms with E-state index in [9.17, 15) is 13.6 Å². The van der Waals surface area contributed by atoms with Gasteiger partial charge in [-0.25, -0.2) is 18.7 Å². The zero-order valence-electron chi connectivity index (χ0n) is 16.2. The summed E-state index contributed by atoms with van der Waals surface area (Å²) in [6, 6.07) is 6.61. The standard InChI is InChI=1S/C21H17F2N5OS/c1-3-16-19(27-21(30-16)13-10-25-28(2)11-13)12-7-8-17(24-9-12)26-20(29)18-14(22)5-4-6-15(18)23/h4-11H,3H2,1-2H3,(H,24,26,29). The number of thiazole rings is 1. The number of nitrogens with zero attached hydrogens (tertiary/aromatic N) is 4. The summed E-state index contributed by atoms with van der Waals surface area (Å²) < 4.78 is 29.3. The molecule has 6 nitrogen and oxygen atoms in total. The van der Waals surface area contributed by atoms with Crippen LogP contribution < -0.4 is 5.32 Å². The van der Waals surface area contributed by atoms with E-state index in [1.807, 2.05) is 13.2 Å². The van der Waals surface area contributed by atoms with Crippen molar-refractivity contribution in [3.63, 3.8) is 0 Å². The highest BCUT2D eigenvalue weighted by Crippen LogP contribution is 2.34. The molecule has 4 rings (SSSR count). The van der Waals surface area contributed by atoms with Crippen molar-refractivity contribution in [3.05, 3.63) is 71.0 Å². The molecule has 1 N–H and O–H groups in total. The Bertz CT molecular complexity index is 1200. The van der Waals surface area contributed by atoms with Crippen LogP contribution in [0.25, 0.3) is 21.8 Å². The van der Waals surface area contributed by atoms with Gasteiger partial charge in [-0.2, -0.15) is 5.10 Å². The number of carbonyl (C=O) groups excluding carboxylic acids is 1. The second kappa shape index (κ2) is 8.11. The Hall–Kier alpha value is -3.46. The molecular formula is C21H17F2N5OS. The Labute approximate surface area is 175 Å². The number of nitrogens with one attached hydrogen (secondary N) is 1. The van der Waals surface area contributed by atoms with Crippen molar-refractivity contribution in [1.82, 2.24) is 19.7 Å². The molecule has 0 aliphatic rings. The van der Waals surface area contributed by atoms with Gasteiger partial charge in [-0.05, 0) is 30.7 Å². The van der Waals surface area contributed by atoms with Crippen LogP contribution in [0.15, 0.2) is 48.9 Å². The van der Waals surface area contributed by atoms with E-state index in [1.165, 1.54) is 6.07 Å². The summed E-state index contributed by atoms with van der Waals surface area (Å²) >= 11 is 1.59. The van der Waals surface area contributed by atoms with Gasteiger partial charge in [0.25, 0.3) is 5.91 Å². The maximum atomic E-state index is 13.8. The minimum Gasteiger partial charge on any atom is -0.306 e. The number of hydrogen-bond acceptors (Lipinski definition) is 5. The molecule has 0 aliphatic heterocycles. The monoisotopic (exact) mass is 425 g/mol. The highest BCUT2D eigenvalue weighted by molar-refractivity contribution is 7.15. The highest BCUT2D eigenvalue weighted by Gasteiger charge is 2.18. The molecular weight excluding hydrogens is 408 g/mol. The van der Waals surface area contributed by atoms with Gasteiger partial charge in [-0.1, -0.05) is 13.0 Å². The van der Waals surface area contributed by atoms with Crippen molar-refractivity contribution in [2.45, 2.75) is 13.3 Å². The van der Waals surface area contributed by atoms with Crippen LogP contribution in [-0.2, 0) is 13.5 Å². The first-order valence-electron chi connectivity index (χ1n) is 9.16. The van der Waals surface area contributed by atoms with Gasteiger partial charge >= 0.3 is 0 Å². The topological polar surface area (TPSA) is 72.7 Å². The molecule has 0 bridgehead atoms. The van der Waals surface area contributed by atoms with Gasteiger partial charge in [-0.15, -0.1) is 11.3 Å². The Balaban J connectivity index is 1.58. The molecule has 152 valence electrons. The van der Waals surface area contributed by atoms with E-state index < -0.39 is 23.1 Å². The first-order valence-corrected chi connectivity index (χ1v) is 9.98. The van der Waals surface area contributed by atoms with E-state index in [0.29, 0.717) is 0 Å². The summed E-state index contributed by atoms with van der Waals surface area (Å²) in [6.07, 6.45) is 6.05. The number of anilines is 1. The molecule has 4 aromatic rings. The molecule has 0 aliphatic carbocycles. The zero-order chi connectivity index (χ0) is 21.3. The number of hydrogen-bond donors (Lipinski definition) is 1. The molecule has 1 amide bonds. The van der Waals surface area contributed by atoms with E-state index in [-0.39, 0.29) is 5.82 Å². The minimum atomic E-state index is -0.929. The van der Waals surface area contributed by atoms with E-state index in [2.05, 4.69) is 22.3 Å². The van der Waals surface area contributed by atoms with Gasteiger partial charge in [-0.3, -0.25) is 9.48 Å². The molecule has 30 heavy (non-hydrogen) atoms. The normalized spacial score (nSPS) is 10.9. The molecule has 1 aromatic carbocycles. The predicted molar refractivity (Wildman–Crippen MR) is 111 cm³/mol. The molecule has 3 aromatic heterocycles. The number of pyridine rings is 1. The smallest absolute Gasteiger partial charge is 0.262 e. The van der Waals surface area contributed by atoms with Crippen molar-refractivity contribution in [3.8, 4) is 21.8 Å². The van der Waals surface area contributed by atoms with Crippen LogP contribution in [0.5, 0.6) is 0 Å². The van der Waals surface area contributed by atoms with Crippen LogP contribution >= 0.6 is 11.3 Å². The van der Waals surface area contributed by atoms with Crippen molar-refractivity contribution in [1.29, 1.82) is 0 Å². The van der Waals surface area contributed by atoms with Gasteiger partial charge in [0.15, 0.2) is 0 Å². The van der Waals surface area contributed by atoms with Gasteiger partial charge < -0.3 is 5.32 Å². The van der Waals surface area contributed by atoms with Gasteiger partial charge in [0.1, 0.15) is 28.0 Å². The Morgan fingerprint density at radius 2 is 1.90 bits per heavy atom. The molecule has 0 fully saturated rings. The predicted octanol–water partition coefficient (Wildman–Crippen LogP) is 4.70. The fraction of sp³-hybridized carbons (Fsp3) is 0.143. The van der Waals surface area contributed by atoms with E-state index in [4.69, 9.17) is 4.98 Å². The zero-order valence-corrected chi connectivity index (χ0v) is 17.0. The van der Waals surface area contributed by atoms with E-state index in [0.717, 1.165) is 45.3 Å². The van der Waals surface area contributed by atoms with Crippen LogP contribution in [0.2, 0.25) is 0 Å². The highest BCUT2D eigenvalue weighted by atomic mass is 32.1. The van der Waals surface area contributed by atoms with Crippen molar-refractivity contribution < 1.29 is 13.6 Å². The Morgan fingerprint density at radius 1 is 1.13 bits per heavy atom. The maximum absolute atomic E-state index is 13.8. The molecule has 0 saturated heterocycles. The lowest BCUT2D eigenvalue weighted by Crippen LogP contribution is -2.16. The SMILES string of the molecule is CCc1sc(-c2cnn(C)c2)nc1-c1ccc(NC(=O)c2c(F)cccc2F)nc1. The van der Waals surface area contributed by atoms with Crippen molar-refractivity contribution in [2.75, 3.05) is 5.32 Å². The van der Waals surface area contributed by atoms with Crippen molar-refractivity contribution >= 4 is 23.1 Å². The molecule has 0 radical (unpaired) electrons. The summed E-state index contributed by atoms with van der Waals surface area (Å²) in [4.78, 5) is 22.3. The van der Waals surface area contributed by atoms with Crippen LogP contribution in [0, 0.1) is 11.6 Å². The summed E-state index contributed by atoms with van der Waals surface area (Å²) in [7, 11) is 1.85. The number of carbonyl (C=O) groups is 1. The van der Waals surface area contributed by atoms with E-state index >= 15 is 0 Å². The lowest BCUT2D eigenvalue weighted by molar-refractivity contribution is 0.101. The van der Waals surface area contributed by atoms with Crippen LogP contribution in [-0.4, -0.2) is 25.7 Å². The average Bonchev–Trinajstić information content (AvgIpc) is 3.34. The minimum absolute atomic E-state index is 0.187. The van der Waals surface area contributed by atoms with Gasteiger partial charge in [0.05, 0.1) is 11.9 Å². The van der Waals surface area contributed by atoms with Gasteiger partial charge in [0.2, 0.25) is 0 Å². The molecule has 9 heteroatoms. The number of benzene rings is 1. The molecule has 0 spiro atoms. The van der Waals surface area contributed by atoms with Crippen LogP contribution in [0.3, 0.4) is 0 Å². The summed E-state index contributed by atoms with van der Waals surface area (Å²) in [6.45, 7) is 2.05. The Morgan fingerprint density at radius 3 is 2.50 bits per heavy atom. The molecule has 0 unspecified atom stereocenters. The molecule has 0 saturated carbocycles. The largest absolute Gasteiger partial charge is 0.306 e. The second-order valence-corrected chi connectivity index (χ2v) is 7.61. The lowest BCUT2D eigenvalue weighted by atomic mass is 10.1. The molecule has 3 heterocycles. The summed E-state index contributed by atoms with van der Waals surface area (Å²) in [5.41, 5.74) is 1.89. The Kier molecular flexibility index (Phi) is 5.37. The third kappa shape index (κ3) is 3.84. The number of aromatic nitrogens is 4. The van der Waals surface area contributed by atoms with Crippen molar-refractivity contribution in [2.24, 2.45) is 7.05 Å². The fourth-order valence-corrected chi connectivity index (χ4v) is 3.97.